The normalized spacial score (nSPS) is 23.6. The van der Waals surface area contributed by atoms with Crippen LogP contribution in [0.4, 0.5) is 9.18 Å². The van der Waals surface area contributed by atoms with Crippen molar-refractivity contribution in [1.82, 2.24) is 25.1 Å². The Labute approximate surface area is 226 Å². The first kappa shape index (κ1) is 26.2. The minimum absolute atomic E-state index is 0.0105. The van der Waals surface area contributed by atoms with Crippen LogP contribution in [0, 0.1) is 5.82 Å². The Hall–Kier alpha value is -3.37. The molecular weight excluding hydrogens is 505 g/mol. The zero-order chi connectivity index (χ0) is 26.6. The summed E-state index contributed by atoms with van der Waals surface area (Å²) in [7, 11) is 1.71. The molecule has 3 aliphatic heterocycles. The number of thioether (sulfide) groups is 1. The Morgan fingerprint density at radius 2 is 1.84 bits per heavy atom. The third-order valence-corrected chi connectivity index (χ3v) is 8.43. The molecule has 0 aromatic heterocycles. The summed E-state index contributed by atoms with van der Waals surface area (Å²) >= 11 is 1.78. The molecule has 38 heavy (non-hydrogen) atoms. The van der Waals surface area contributed by atoms with Crippen LogP contribution in [-0.2, 0) is 22.6 Å². The number of nitrogens with zero attached hydrogens (tertiary/aromatic N) is 4. The molecule has 2 fully saturated rings. The molecule has 0 bridgehead atoms. The van der Waals surface area contributed by atoms with Gasteiger partial charge in [-0.2, -0.15) is 0 Å². The molecule has 2 aromatic rings. The van der Waals surface area contributed by atoms with Gasteiger partial charge < -0.3 is 15.1 Å². The van der Waals surface area contributed by atoms with Gasteiger partial charge in [0.1, 0.15) is 18.0 Å². The number of fused-ring (bicyclic) bond motifs is 1. The lowest BCUT2D eigenvalue weighted by molar-refractivity contribution is -0.186. The van der Waals surface area contributed by atoms with Gasteiger partial charge in [0.2, 0.25) is 11.8 Å². The Morgan fingerprint density at radius 3 is 2.55 bits per heavy atom. The number of carbonyl (C=O) groups is 3. The maximum Gasteiger partial charge on any atom is 0.334 e. The Kier molecular flexibility index (Phi) is 7.99. The molecule has 0 saturated carbocycles. The van der Waals surface area contributed by atoms with E-state index in [9.17, 15) is 18.8 Å². The zero-order valence-electron chi connectivity index (χ0n) is 21.3. The molecule has 5 rings (SSSR count). The summed E-state index contributed by atoms with van der Waals surface area (Å²) in [5.74, 6) is -0.594. The van der Waals surface area contributed by atoms with Gasteiger partial charge in [0.15, 0.2) is 0 Å². The molecule has 3 atom stereocenters. The molecule has 0 aliphatic carbocycles. The van der Waals surface area contributed by atoms with Crippen LogP contribution in [0.25, 0.3) is 0 Å². The Bertz CT molecular complexity index is 1190. The Balaban J connectivity index is 1.38. The second-order valence-corrected chi connectivity index (χ2v) is 11.1. The third-order valence-electron chi connectivity index (χ3n) is 7.26. The van der Waals surface area contributed by atoms with E-state index in [-0.39, 0.29) is 43.3 Å². The van der Waals surface area contributed by atoms with Gasteiger partial charge in [-0.25, -0.2) is 19.2 Å². The highest BCUT2D eigenvalue weighted by atomic mass is 32.2. The molecule has 0 spiro atoms. The molecule has 10 heteroatoms. The average molecular weight is 538 g/mol. The van der Waals surface area contributed by atoms with Crippen LogP contribution >= 0.6 is 11.8 Å². The number of urea groups is 1. The molecule has 200 valence electrons. The summed E-state index contributed by atoms with van der Waals surface area (Å²) in [6, 6.07) is 14.6. The topological polar surface area (TPSA) is 76.2 Å². The van der Waals surface area contributed by atoms with Crippen LogP contribution in [0.2, 0.25) is 0 Å². The van der Waals surface area contributed by atoms with Gasteiger partial charge in [-0.3, -0.25) is 9.59 Å². The van der Waals surface area contributed by atoms with Gasteiger partial charge >= 0.3 is 6.03 Å². The molecule has 2 aromatic carbocycles. The standard InChI is InChI=1S/C28H32FN5O3S/c1-31-19-26(35)33-24(16-20-6-3-2-4-7-20)27(36)32(14-13-23-8-5-15-38-23)18-25(33)34(31)28(37)30-17-21-9-11-22(29)12-10-21/h2-7,9-12,15,23-25H,8,13-14,16-19H2,1H3,(H,30,37)/t23?,24-,25-/m0/s1. The van der Waals surface area contributed by atoms with Crippen LogP contribution < -0.4 is 5.32 Å². The summed E-state index contributed by atoms with van der Waals surface area (Å²) < 4.78 is 13.3. The van der Waals surface area contributed by atoms with E-state index < -0.39 is 12.2 Å². The Morgan fingerprint density at radius 1 is 1.08 bits per heavy atom. The van der Waals surface area contributed by atoms with Crippen molar-refractivity contribution >= 4 is 29.6 Å². The van der Waals surface area contributed by atoms with Gasteiger partial charge in [-0.05, 0) is 41.5 Å². The number of amides is 4. The fraction of sp³-hybridized carbons (Fsp3) is 0.393. The predicted octanol–water partition coefficient (Wildman–Crippen LogP) is 3.22. The maximum atomic E-state index is 13.8. The number of nitrogens with one attached hydrogen (secondary N) is 1. The zero-order valence-corrected chi connectivity index (χ0v) is 22.1. The van der Waals surface area contributed by atoms with Crippen molar-refractivity contribution in [3.8, 4) is 0 Å². The quantitative estimate of drug-likeness (QED) is 0.587. The second kappa shape index (κ2) is 11.6. The van der Waals surface area contributed by atoms with Gasteiger partial charge in [-0.1, -0.05) is 48.5 Å². The number of carbonyl (C=O) groups excluding carboxylic acids is 3. The van der Waals surface area contributed by atoms with Crippen molar-refractivity contribution in [2.75, 3.05) is 26.7 Å². The first-order valence-electron chi connectivity index (χ1n) is 12.9. The second-order valence-electron chi connectivity index (χ2n) is 9.87. The first-order chi connectivity index (χ1) is 18.4. The molecule has 1 N–H and O–H groups in total. The maximum absolute atomic E-state index is 13.8. The summed E-state index contributed by atoms with van der Waals surface area (Å²) in [4.78, 5) is 44.0. The number of piperazine rings is 1. The van der Waals surface area contributed by atoms with Crippen molar-refractivity contribution in [2.45, 2.75) is 43.3 Å². The van der Waals surface area contributed by atoms with E-state index in [1.807, 2.05) is 35.2 Å². The van der Waals surface area contributed by atoms with Crippen LogP contribution in [0.5, 0.6) is 0 Å². The van der Waals surface area contributed by atoms with Crippen molar-refractivity contribution in [3.05, 3.63) is 83.0 Å². The van der Waals surface area contributed by atoms with Gasteiger partial charge in [0, 0.05) is 31.8 Å². The molecule has 4 amide bonds. The van der Waals surface area contributed by atoms with Gasteiger partial charge in [0.05, 0.1) is 13.1 Å². The minimum Gasteiger partial charge on any atom is -0.337 e. The highest BCUT2D eigenvalue weighted by Gasteiger charge is 2.50. The number of allylic oxidation sites excluding steroid dienone is 1. The number of rotatable bonds is 7. The van der Waals surface area contributed by atoms with Crippen LogP contribution in [0.1, 0.15) is 24.0 Å². The molecular formula is C28H32FN5O3S. The fourth-order valence-corrected chi connectivity index (χ4v) is 6.23. The van der Waals surface area contributed by atoms with Gasteiger partial charge in [-0.15, -0.1) is 11.8 Å². The lowest BCUT2D eigenvalue weighted by atomic mass is 9.98. The van der Waals surface area contributed by atoms with E-state index in [1.165, 1.54) is 12.1 Å². The monoisotopic (exact) mass is 537 g/mol. The van der Waals surface area contributed by atoms with Crippen molar-refractivity contribution < 1.29 is 18.8 Å². The average Bonchev–Trinajstić information content (AvgIpc) is 3.43. The van der Waals surface area contributed by atoms with Crippen LogP contribution in [0.15, 0.2) is 66.1 Å². The van der Waals surface area contributed by atoms with Gasteiger partial charge in [0.25, 0.3) is 0 Å². The van der Waals surface area contributed by atoms with E-state index in [0.717, 1.165) is 24.0 Å². The lowest BCUT2D eigenvalue weighted by Gasteiger charge is -2.54. The van der Waals surface area contributed by atoms with Crippen LogP contribution in [-0.4, -0.2) is 81.8 Å². The van der Waals surface area contributed by atoms with Crippen LogP contribution in [0.3, 0.4) is 0 Å². The van der Waals surface area contributed by atoms with E-state index in [0.29, 0.717) is 18.2 Å². The van der Waals surface area contributed by atoms with Crippen molar-refractivity contribution in [3.63, 3.8) is 0 Å². The van der Waals surface area contributed by atoms with Crippen molar-refractivity contribution in [2.24, 2.45) is 0 Å². The highest BCUT2D eigenvalue weighted by molar-refractivity contribution is 8.03. The third kappa shape index (κ3) is 5.71. The molecule has 3 aliphatic rings. The molecule has 0 radical (unpaired) electrons. The molecule has 1 unspecified atom stereocenters. The summed E-state index contributed by atoms with van der Waals surface area (Å²) in [5.41, 5.74) is 1.72. The molecule has 8 nitrogen and oxygen atoms in total. The van der Waals surface area contributed by atoms with E-state index in [2.05, 4.69) is 16.8 Å². The minimum atomic E-state index is -0.695. The van der Waals surface area contributed by atoms with Crippen molar-refractivity contribution in [1.29, 1.82) is 0 Å². The summed E-state index contributed by atoms with van der Waals surface area (Å²) in [5, 5.41) is 8.60. The van der Waals surface area contributed by atoms with E-state index in [1.54, 1.807) is 45.9 Å². The number of hydrogen-bond donors (Lipinski definition) is 1. The summed E-state index contributed by atoms with van der Waals surface area (Å²) in [6.07, 6.45) is 3.72. The highest BCUT2D eigenvalue weighted by Crippen LogP contribution is 2.30. The first-order valence-corrected chi connectivity index (χ1v) is 13.8. The smallest absolute Gasteiger partial charge is 0.334 e. The number of likely N-dealkylation sites (N-methyl/N-ethyl adjacent to an activating group) is 1. The van der Waals surface area contributed by atoms with E-state index in [4.69, 9.17) is 0 Å². The lowest BCUT2D eigenvalue weighted by Crippen LogP contribution is -2.76. The van der Waals surface area contributed by atoms with E-state index >= 15 is 0 Å². The molecule has 2 saturated heterocycles. The SMILES string of the molecule is CN1CC(=O)N2[C@@H](Cc3ccccc3)C(=O)N(CCC3CC=CS3)C[C@@H]2N1C(=O)NCc1ccc(F)cc1. The number of benzene rings is 2. The number of hydrazine groups is 1. The largest absolute Gasteiger partial charge is 0.337 e. The fourth-order valence-electron chi connectivity index (χ4n) is 5.32. The predicted molar refractivity (Wildman–Crippen MR) is 144 cm³/mol. The molecule has 3 heterocycles. The number of halogens is 1. The summed E-state index contributed by atoms with van der Waals surface area (Å²) in [6.45, 7) is 1.02. The number of hydrogen-bond acceptors (Lipinski definition) is 5.